The van der Waals surface area contributed by atoms with Crippen LogP contribution in [0.4, 0.5) is 0 Å². The van der Waals surface area contributed by atoms with Crippen LogP contribution in [0.25, 0.3) is 0 Å². The zero-order valence-electron chi connectivity index (χ0n) is 11.4. The smallest absolute Gasteiger partial charge is 0.274 e. The number of rotatable bonds is 3. The maximum atomic E-state index is 12.2. The maximum absolute atomic E-state index is 12.2. The Morgan fingerprint density at radius 1 is 1.21 bits per heavy atom. The number of nitrogens with zero attached hydrogens (tertiary/aromatic N) is 3. The summed E-state index contributed by atoms with van der Waals surface area (Å²) in [6.45, 7) is 4.04. The first kappa shape index (κ1) is 13.2. The molecule has 0 N–H and O–H groups in total. The minimum absolute atomic E-state index is 0.00453. The van der Waals surface area contributed by atoms with E-state index in [2.05, 4.69) is 9.97 Å². The summed E-state index contributed by atoms with van der Waals surface area (Å²) in [5.74, 6) is -0.124. The van der Waals surface area contributed by atoms with Crippen LogP contribution >= 0.6 is 0 Å². The predicted octanol–water partition coefficient (Wildman–Crippen LogP) is 2.62. The molecule has 1 atom stereocenters. The van der Waals surface area contributed by atoms with Crippen molar-refractivity contribution >= 4 is 5.91 Å². The van der Waals surface area contributed by atoms with E-state index in [0.717, 1.165) is 5.56 Å². The van der Waals surface area contributed by atoms with Crippen LogP contribution in [-0.4, -0.2) is 27.8 Å². The van der Waals surface area contributed by atoms with Gasteiger partial charge in [0, 0.05) is 19.4 Å². The number of carbonyl (C=O) groups is 1. The Bertz CT molecular complexity index is 551. The Kier molecular flexibility index (Phi) is 3.90. The van der Waals surface area contributed by atoms with E-state index in [0.29, 0.717) is 5.69 Å². The van der Waals surface area contributed by atoms with Crippen molar-refractivity contribution < 1.29 is 4.79 Å². The number of carbonyl (C=O) groups excluding carboxylic acids is 1. The fourth-order valence-electron chi connectivity index (χ4n) is 1.83. The SMILES string of the molecule is Cc1ccc(C(C)N(C)C(=O)c2cnccn2)cc1. The van der Waals surface area contributed by atoms with Crippen molar-refractivity contribution in [2.45, 2.75) is 19.9 Å². The van der Waals surface area contributed by atoms with E-state index in [1.165, 1.54) is 18.0 Å². The molecule has 1 aromatic heterocycles. The number of aryl methyl sites for hydroxylation is 1. The average Bonchev–Trinajstić information content (AvgIpc) is 2.46. The third kappa shape index (κ3) is 2.96. The van der Waals surface area contributed by atoms with Gasteiger partial charge in [-0.2, -0.15) is 0 Å². The van der Waals surface area contributed by atoms with Crippen molar-refractivity contribution in [2.75, 3.05) is 7.05 Å². The molecule has 0 aliphatic carbocycles. The first-order valence-corrected chi connectivity index (χ1v) is 6.19. The summed E-state index contributed by atoms with van der Waals surface area (Å²) in [5, 5.41) is 0. The van der Waals surface area contributed by atoms with E-state index in [4.69, 9.17) is 0 Å². The molecular formula is C15H17N3O. The maximum Gasteiger partial charge on any atom is 0.274 e. The molecule has 4 nitrogen and oxygen atoms in total. The van der Waals surface area contributed by atoms with Gasteiger partial charge in [-0.25, -0.2) is 4.98 Å². The summed E-state index contributed by atoms with van der Waals surface area (Å²) in [6.07, 6.45) is 4.57. The third-order valence-electron chi connectivity index (χ3n) is 3.24. The second-order valence-corrected chi connectivity index (χ2v) is 4.59. The number of aromatic nitrogens is 2. The minimum atomic E-state index is -0.124. The van der Waals surface area contributed by atoms with Crippen LogP contribution in [0, 0.1) is 6.92 Å². The summed E-state index contributed by atoms with van der Waals surface area (Å²) in [7, 11) is 1.78. The first-order valence-electron chi connectivity index (χ1n) is 6.19. The summed E-state index contributed by atoms with van der Waals surface area (Å²) >= 11 is 0. The number of hydrogen-bond acceptors (Lipinski definition) is 3. The molecular weight excluding hydrogens is 238 g/mol. The van der Waals surface area contributed by atoms with E-state index in [-0.39, 0.29) is 11.9 Å². The third-order valence-corrected chi connectivity index (χ3v) is 3.24. The van der Waals surface area contributed by atoms with E-state index < -0.39 is 0 Å². The largest absolute Gasteiger partial charge is 0.334 e. The van der Waals surface area contributed by atoms with Crippen molar-refractivity contribution in [3.8, 4) is 0 Å². The lowest BCUT2D eigenvalue weighted by Gasteiger charge is -2.25. The molecule has 1 unspecified atom stereocenters. The van der Waals surface area contributed by atoms with Gasteiger partial charge in [0.15, 0.2) is 0 Å². The molecule has 2 rings (SSSR count). The molecule has 0 saturated carbocycles. The lowest BCUT2D eigenvalue weighted by Crippen LogP contribution is -2.30. The molecule has 4 heteroatoms. The lowest BCUT2D eigenvalue weighted by molar-refractivity contribution is 0.0736. The van der Waals surface area contributed by atoms with Crippen LogP contribution in [0.1, 0.15) is 34.6 Å². The molecule has 98 valence electrons. The Labute approximate surface area is 113 Å². The van der Waals surface area contributed by atoms with E-state index in [1.807, 2.05) is 38.1 Å². The molecule has 0 spiro atoms. The van der Waals surface area contributed by atoms with Gasteiger partial charge < -0.3 is 4.90 Å². The first-order chi connectivity index (χ1) is 9.09. The molecule has 0 bridgehead atoms. The standard InChI is InChI=1S/C15H17N3O/c1-11-4-6-13(7-5-11)12(2)18(3)15(19)14-10-16-8-9-17-14/h4-10,12H,1-3H3. The molecule has 0 fully saturated rings. The van der Waals surface area contributed by atoms with Gasteiger partial charge in [-0.05, 0) is 19.4 Å². The average molecular weight is 255 g/mol. The monoisotopic (exact) mass is 255 g/mol. The van der Waals surface area contributed by atoms with Crippen molar-refractivity contribution in [3.63, 3.8) is 0 Å². The quantitative estimate of drug-likeness (QED) is 0.847. The fraction of sp³-hybridized carbons (Fsp3) is 0.267. The number of amides is 1. The minimum Gasteiger partial charge on any atom is -0.334 e. The normalized spacial score (nSPS) is 11.9. The summed E-state index contributed by atoms with van der Waals surface area (Å²) in [6, 6.07) is 8.18. The molecule has 1 heterocycles. The number of hydrogen-bond donors (Lipinski definition) is 0. The summed E-state index contributed by atoms with van der Waals surface area (Å²) in [4.78, 5) is 21.9. The predicted molar refractivity (Wildman–Crippen MR) is 73.7 cm³/mol. The summed E-state index contributed by atoms with van der Waals surface area (Å²) < 4.78 is 0. The molecule has 0 radical (unpaired) electrons. The van der Waals surface area contributed by atoms with Gasteiger partial charge in [0.1, 0.15) is 5.69 Å². The summed E-state index contributed by atoms with van der Waals surface area (Å²) in [5.41, 5.74) is 2.67. The van der Waals surface area contributed by atoms with Gasteiger partial charge in [0.05, 0.1) is 12.2 Å². The Morgan fingerprint density at radius 3 is 2.47 bits per heavy atom. The van der Waals surface area contributed by atoms with Crippen molar-refractivity contribution in [3.05, 3.63) is 59.7 Å². The highest BCUT2D eigenvalue weighted by molar-refractivity contribution is 5.92. The molecule has 19 heavy (non-hydrogen) atoms. The Hall–Kier alpha value is -2.23. The topological polar surface area (TPSA) is 46.1 Å². The van der Waals surface area contributed by atoms with Gasteiger partial charge in [-0.1, -0.05) is 29.8 Å². The van der Waals surface area contributed by atoms with E-state index in [1.54, 1.807) is 18.1 Å². The zero-order valence-corrected chi connectivity index (χ0v) is 11.4. The fourth-order valence-corrected chi connectivity index (χ4v) is 1.83. The Morgan fingerprint density at radius 2 is 1.89 bits per heavy atom. The second kappa shape index (κ2) is 5.61. The molecule has 2 aromatic rings. The van der Waals surface area contributed by atoms with E-state index >= 15 is 0 Å². The van der Waals surface area contributed by atoms with Gasteiger partial charge in [0.25, 0.3) is 5.91 Å². The van der Waals surface area contributed by atoms with Gasteiger partial charge in [0.2, 0.25) is 0 Å². The van der Waals surface area contributed by atoms with Crippen LogP contribution in [0.5, 0.6) is 0 Å². The second-order valence-electron chi connectivity index (χ2n) is 4.59. The zero-order chi connectivity index (χ0) is 13.8. The molecule has 0 aliphatic heterocycles. The van der Waals surface area contributed by atoms with Crippen molar-refractivity contribution in [2.24, 2.45) is 0 Å². The highest BCUT2D eigenvalue weighted by Gasteiger charge is 2.19. The molecule has 0 aliphatic rings. The van der Waals surface area contributed by atoms with Gasteiger partial charge in [-0.3, -0.25) is 9.78 Å². The van der Waals surface area contributed by atoms with Crippen LogP contribution in [0.15, 0.2) is 42.9 Å². The van der Waals surface area contributed by atoms with Crippen LogP contribution < -0.4 is 0 Å². The van der Waals surface area contributed by atoms with E-state index in [9.17, 15) is 4.79 Å². The highest BCUT2D eigenvalue weighted by Crippen LogP contribution is 2.20. The highest BCUT2D eigenvalue weighted by atomic mass is 16.2. The molecule has 0 saturated heterocycles. The van der Waals surface area contributed by atoms with Crippen molar-refractivity contribution in [1.82, 2.24) is 14.9 Å². The number of benzene rings is 1. The van der Waals surface area contributed by atoms with Crippen LogP contribution in [-0.2, 0) is 0 Å². The van der Waals surface area contributed by atoms with Crippen molar-refractivity contribution in [1.29, 1.82) is 0 Å². The van der Waals surface area contributed by atoms with Crippen LogP contribution in [0.3, 0.4) is 0 Å². The van der Waals surface area contributed by atoms with Gasteiger partial charge >= 0.3 is 0 Å². The lowest BCUT2D eigenvalue weighted by atomic mass is 10.1. The molecule has 1 aromatic carbocycles. The Balaban J connectivity index is 2.17. The van der Waals surface area contributed by atoms with Crippen LogP contribution in [0.2, 0.25) is 0 Å². The van der Waals surface area contributed by atoms with Gasteiger partial charge in [-0.15, -0.1) is 0 Å². The molecule has 1 amide bonds.